The van der Waals surface area contributed by atoms with Crippen LogP contribution in [-0.4, -0.2) is 79.4 Å². The SMILES string of the molecule is COc1ccc([C@H](Cc2c(Cl)c[n+]([O-])cc2Cl)C2SCCN2C(=O)c2cccc(CN(C(=O)O[C@H]3CN4CCC3CC4)c3ccccc3F)c2)cc1OC. The zero-order chi connectivity index (χ0) is 37.9. The second kappa shape index (κ2) is 16.6. The predicted molar refractivity (Wildman–Crippen MR) is 207 cm³/mol. The third kappa shape index (κ3) is 8.07. The molecule has 4 aliphatic rings. The smallest absolute Gasteiger partial charge is 0.415 e. The first-order chi connectivity index (χ1) is 26.1. The van der Waals surface area contributed by atoms with Crippen LogP contribution in [-0.2, 0) is 17.7 Å². The Kier molecular flexibility index (Phi) is 11.7. The van der Waals surface area contributed by atoms with Crippen LogP contribution in [0.1, 0.15) is 45.8 Å². The van der Waals surface area contributed by atoms with Crippen LogP contribution in [0.2, 0.25) is 10.0 Å². The topological polar surface area (TPSA) is 98.5 Å². The number of nitrogens with zero attached hydrogens (tertiary/aromatic N) is 4. The molecule has 0 spiro atoms. The Bertz CT molecular complexity index is 1990. The summed E-state index contributed by atoms with van der Waals surface area (Å²) in [4.78, 5) is 33.7. The van der Waals surface area contributed by atoms with Gasteiger partial charge in [0, 0.05) is 35.9 Å². The van der Waals surface area contributed by atoms with Gasteiger partial charge in [-0.2, -0.15) is 4.73 Å². The molecule has 8 rings (SSSR count). The van der Waals surface area contributed by atoms with Crippen molar-refractivity contribution in [3.05, 3.63) is 122 Å². The molecule has 14 heteroatoms. The fourth-order valence-electron chi connectivity index (χ4n) is 7.76. The molecular weight excluding hydrogens is 754 g/mol. The lowest BCUT2D eigenvalue weighted by Crippen LogP contribution is -2.53. The summed E-state index contributed by atoms with van der Waals surface area (Å²) in [6.45, 7) is 3.14. The van der Waals surface area contributed by atoms with Crippen LogP contribution in [0.25, 0.3) is 0 Å². The maximum Gasteiger partial charge on any atom is 0.415 e. The van der Waals surface area contributed by atoms with E-state index in [1.165, 1.54) is 23.4 Å². The van der Waals surface area contributed by atoms with Gasteiger partial charge in [-0.15, -0.1) is 11.8 Å². The largest absolute Gasteiger partial charge is 0.619 e. The Morgan fingerprint density at radius 1 is 0.981 bits per heavy atom. The van der Waals surface area contributed by atoms with Crippen LogP contribution < -0.4 is 19.1 Å². The number of aromatic nitrogens is 1. The molecule has 0 saturated carbocycles. The third-order valence-corrected chi connectivity index (χ3v) is 12.6. The number of rotatable bonds is 11. The van der Waals surface area contributed by atoms with Crippen molar-refractivity contribution in [1.29, 1.82) is 0 Å². The predicted octanol–water partition coefficient (Wildman–Crippen LogP) is 7.56. The fourth-order valence-corrected chi connectivity index (χ4v) is 9.77. The van der Waals surface area contributed by atoms with Gasteiger partial charge in [-0.05, 0) is 85.8 Å². The fraction of sp³-hybridized carbons (Fsp3) is 0.375. The van der Waals surface area contributed by atoms with Crippen LogP contribution in [0, 0.1) is 16.9 Å². The van der Waals surface area contributed by atoms with Gasteiger partial charge in [-0.1, -0.05) is 53.5 Å². The molecule has 4 aromatic rings. The molecule has 2 amide bonds. The number of pyridine rings is 1. The molecule has 1 unspecified atom stereocenters. The molecule has 2 bridgehead atoms. The van der Waals surface area contributed by atoms with Crippen molar-refractivity contribution in [3.8, 4) is 11.5 Å². The zero-order valence-corrected chi connectivity index (χ0v) is 32.3. The molecule has 54 heavy (non-hydrogen) atoms. The Balaban J connectivity index is 1.17. The van der Waals surface area contributed by atoms with Crippen molar-refractivity contribution in [1.82, 2.24) is 9.80 Å². The monoisotopic (exact) mass is 794 g/mol. The van der Waals surface area contributed by atoms with Gasteiger partial charge in [0.1, 0.15) is 22.0 Å². The van der Waals surface area contributed by atoms with Gasteiger partial charge in [0.25, 0.3) is 5.91 Å². The van der Waals surface area contributed by atoms with E-state index in [0.717, 1.165) is 31.5 Å². The first-order valence-corrected chi connectivity index (χ1v) is 19.7. The highest BCUT2D eigenvalue weighted by atomic mass is 35.5. The van der Waals surface area contributed by atoms with Crippen molar-refractivity contribution in [2.24, 2.45) is 5.92 Å². The van der Waals surface area contributed by atoms with Gasteiger partial charge in [-0.3, -0.25) is 14.6 Å². The average molecular weight is 796 g/mol. The number of methoxy groups -OCH3 is 2. The van der Waals surface area contributed by atoms with Gasteiger partial charge >= 0.3 is 6.09 Å². The van der Waals surface area contributed by atoms with E-state index < -0.39 is 11.9 Å². The van der Waals surface area contributed by atoms with Crippen molar-refractivity contribution in [2.75, 3.05) is 51.1 Å². The Morgan fingerprint density at radius 2 is 1.72 bits per heavy atom. The number of amides is 2. The minimum absolute atomic E-state index is 0.000840. The number of ether oxygens (including phenoxy) is 3. The summed E-state index contributed by atoms with van der Waals surface area (Å²) in [5, 5.41) is 12.2. The summed E-state index contributed by atoms with van der Waals surface area (Å²) < 4.78 is 33.0. The molecule has 3 atom stereocenters. The van der Waals surface area contributed by atoms with E-state index in [4.69, 9.17) is 37.4 Å². The highest BCUT2D eigenvalue weighted by Gasteiger charge is 2.39. The standard InChI is InChI=1S/C40H41Cl2FN4O6S/c1-51-35-11-10-27(19-36(35)52-2)29(20-30-31(41)22-45(50)23-32(30)42)39-46(16-17-54-39)38(48)28-7-5-6-25(18-28)21-47(34-9-4-3-8-33(34)43)40(49)53-37-24-44-14-12-26(37)13-15-44/h3-11,18-19,22-23,26,29,37,39H,12-17,20-21,24H2,1-2H3/t29-,37-,39?/m0/s1. The quantitative estimate of drug-likeness (QED) is 0.113. The maximum atomic E-state index is 15.2. The molecule has 0 N–H and O–H groups in total. The van der Waals surface area contributed by atoms with Gasteiger partial charge in [0.05, 0.1) is 31.8 Å². The van der Waals surface area contributed by atoms with Crippen LogP contribution >= 0.6 is 35.0 Å². The van der Waals surface area contributed by atoms with Crippen LogP contribution in [0.3, 0.4) is 0 Å². The number of fused-ring (bicyclic) bond motifs is 3. The number of piperidine rings is 3. The molecule has 4 aliphatic heterocycles. The van der Waals surface area contributed by atoms with Crippen LogP contribution in [0.4, 0.5) is 14.9 Å². The number of halogens is 3. The summed E-state index contributed by atoms with van der Waals surface area (Å²) in [6.07, 6.45) is 3.92. The summed E-state index contributed by atoms with van der Waals surface area (Å²) in [5.74, 6) is 0.993. The molecule has 3 aromatic carbocycles. The Hall–Kier alpha value is -4.23. The highest BCUT2D eigenvalue weighted by molar-refractivity contribution is 8.00. The molecule has 0 aliphatic carbocycles. The van der Waals surface area contributed by atoms with E-state index >= 15 is 4.39 Å². The second-order valence-electron chi connectivity index (χ2n) is 13.8. The van der Waals surface area contributed by atoms with Crippen LogP contribution in [0.15, 0.2) is 79.1 Å². The van der Waals surface area contributed by atoms with Crippen molar-refractivity contribution in [3.63, 3.8) is 0 Å². The molecule has 0 radical (unpaired) electrons. The minimum atomic E-state index is -0.620. The number of para-hydroxylation sites is 1. The number of hydrogen-bond donors (Lipinski definition) is 0. The lowest BCUT2D eigenvalue weighted by molar-refractivity contribution is -0.605. The highest BCUT2D eigenvalue weighted by Crippen LogP contribution is 2.43. The molecule has 5 heterocycles. The van der Waals surface area contributed by atoms with Crippen LogP contribution in [0.5, 0.6) is 11.5 Å². The lowest BCUT2D eigenvalue weighted by atomic mass is 9.86. The maximum absolute atomic E-state index is 15.2. The van der Waals surface area contributed by atoms with E-state index in [-0.39, 0.29) is 51.5 Å². The van der Waals surface area contributed by atoms with Crippen molar-refractivity contribution in [2.45, 2.75) is 43.2 Å². The Labute approximate surface area is 328 Å². The summed E-state index contributed by atoms with van der Waals surface area (Å²) >= 11 is 14.8. The number of thioether (sulfide) groups is 1. The molecule has 4 saturated heterocycles. The molecular formula is C40H41Cl2FN4O6S. The molecule has 1 aromatic heterocycles. The van der Waals surface area contributed by atoms with Crippen molar-refractivity contribution >= 4 is 52.7 Å². The summed E-state index contributed by atoms with van der Waals surface area (Å²) in [7, 11) is 3.13. The Morgan fingerprint density at radius 3 is 2.41 bits per heavy atom. The first kappa shape index (κ1) is 38.1. The number of benzene rings is 3. The van der Waals surface area contributed by atoms with Crippen molar-refractivity contribution < 1.29 is 32.9 Å². The van der Waals surface area contributed by atoms with E-state index in [0.29, 0.717) is 58.2 Å². The normalized spacial score (nSPS) is 21.1. The summed E-state index contributed by atoms with van der Waals surface area (Å²) in [5.41, 5.74) is 2.63. The zero-order valence-electron chi connectivity index (χ0n) is 30.0. The summed E-state index contributed by atoms with van der Waals surface area (Å²) in [6, 6.07) is 18.9. The number of anilines is 1. The van der Waals surface area contributed by atoms with E-state index in [2.05, 4.69) is 4.90 Å². The van der Waals surface area contributed by atoms with Gasteiger partial charge < -0.3 is 24.3 Å². The number of hydrogen-bond acceptors (Lipinski definition) is 8. The second-order valence-corrected chi connectivity index (χ2v) is 15.8. The molecule has 10 nitrogen and oxygen atoms in total. The number of carbonyl (C=O) groups is 2. The van der Waals surface area contributed by atoms with E-state index in [9.17, 15) is 14.8 Å². The average Bonchev–Trinajstić information content (AvgIpc) is 3.67. The van der Waals surface area contributed by atoms with Gasteiger partial charge in [0.15, 0.2) is 23.9 Å². The van der Waals surface area contributed by atoms with Gasteiger partial charge in [-0.25, -0.2) is 9.18 Å². The number of carbonyl (C=O) groups excluding carboxylic acids is 2. The van der Waals surface area contributed by atoms with Gasteiger partial charge in [0.2, 0.25) is 0 Å². The third-order valence-electron chi connectivity index (χ3n) is 10.6. The minimum Gasteiger partial charge on any atom is -0.619 e. The molecule has 4 fully saturated rings. The lowest BCUT2D eigenvalue weighted by Gasteiger charge is -2.44. The van der Waals surface area contributed by atoms with E-state index in [1.807, 2.05) is 29.2 Å². The first-order valence-electron chi connectivity index (χ1n) is 17.9. The molecule has 284 valence electrons. The van der Waals surface area contributed by atoms with E-state index in [1.54, 1.807) is 62.4 Å².